The number of thiophene rings is 1. The van der Waals surface area contributed by atoms with Gasteiger partial charge in [-0.05, 0) is 41.8 Å². The van der Waals surface area contributed by atoms with Crippen molar-refractivity contribution in [2.24, 2.45) is 0 Å². The molecule has 0 saturated heterocycles. The van der Waals surface area contributed by atoms with Crippen LogP contribution in [0.5, 0.6) is 0 Å². The standard InChI is InChI=1S/C17H11F3N2OS/c18-17(19,20)11-3-5-14-13(10-11)15(7-8-21-14)22-16(23)6-4-12-2-1-9-24-12/h1-10H,(H,21,22,23)/b6-4+. The van der Waals surface area contributed by atoms with Crippen LogP contribution in [0.25, 0.3) is 17.0 Å². The summed E-state index contributed by atoms with van der Waals surface area (Å²) in [7, 11) is 0. The normalized spacial score (nSPS) is 12.0. The summed E-state index contributed by atoms with van der Waals surface area (Å²) in [6.07, 6.45) is -0.0329. The van der Waals surface area contributed by atoms with Gasteiger partial charge in [0.15, 0.2) is 0 Å². The molecule has 24 heavy (non-hydrogen) atoms. The number of fused-ring (bicyclic) bond motifs is 1. The second kappa shape index (κ2) is 6.45. The summed E-state index contributed by atoms with van der Waals surface area (Å²) in [5, 5.41) is 4.72. The van der Waals surface area contributed by atoms with Crippen LogP contribution in [-0.2, 0) is 11.0 Å². The number of carbonyl (C=O) groups is 1. The molecule has 7 heteroatoms. The number of alkyl halides is 3. The highest BCUT2D eigenvalue weighted by Gasteiger charge is 2.30. The average Bonchev–Trinajstić information content (AvgIpc) is 3.05. The van der Waals surface area contributed by atoms with Crippen molar-refractivity contribution in [1.29, 1.82) is 0 Å². The smallest absolute Gasteiger partial charge is 0.322 e. The molecule has 0 aliphatic rings. The predicted molar refractivity (Wildman–Crippen MR) is 88.7 cm³/mol. The average molecular weight is 348 g/mol. The zero-order chi connectivity index (χ0) is 17.2. The summed E-state index contributed by atoms with van der Waals surface area (Å²) in [6.45, 7) is 0. The van der Waals surface area contributed by atoms with E-state index in [-0.39, 0.29) is 11.1 Å². The van der Waals surface area contributed by atoms with Crippen LogP contribution >= 0.6 is 11.3 Å². The van der Waals surface area contributed by atoms with E-state index in [0.717, 1.165) is 17.0 Å². The first-order valence-electron chi connectivity index (χ1n) is 6.92. The third-order valence-corrected chi connectivity index (χ3v) is 4.11. The molecule has 1 N–H and O–H groups in total. The van der Waals surface area contributed by atoms with Crippen molar-refractivity contribution < 1.29 is 18.0 Å². The summed E-state index contributed by atoms with van der Waals surface area (Å²) < 4.78 is 38.6. The molecule has 3 nitrogen and oxygen atoms in total. The minimum Gasteiger partial charge on any atom is -0.322 e. The minimum atomic E-state index is -4.45. The lowest BCUT2D eigenvalue weighted by Gasteiger charge is -2.10. The zero-order valence-electron chi connectivity index (χ0n) is 12.2. The highest BCUT2D eigenvalue weighted by Crippen LogP contribution is 2.33. The minimum absolute atomic E-state index is 0.241. The van der Waals surface area contributed by atoms with Gasteiger partial charge in [-0.15, -0.1) is 11.3 Å². The van der Waals surface area contributed by atoms with Crippen LogP contribution in [0, 0.1) is 0 Å². The molecular weight excluding hydrogens is 337 g/mol. The fourth-order valence-electron chi connectivity index (χ4n) is 2.15. The molecule has 0 atom stereocenters. The number of benzene rings is 1. The van der Waals surface area contributed by atoms with E-state index in [4.69, 9.17) is 0 Å². The van der Waals surface area contributed by atoms with Gasteiger partial charge in [0.1, 0.15) is 0 Å². The third-order valence-electron chi connectivity index (χ3n) is 3.27. The van der Waals surface area contributed by atoms with Crippen LogP contribution in [-0.4, -0.2) is 10.9 Å². The number of hydrogen-bond donors (Lipinski definition) is 1. The van der Waals surface area contributed by atoms with E-state index >= 15 is 0 Å². The van der Waals surface area contributed by atoms with E-state index in [9.17, 15) is 18.0 Å². The van der Waals surface area contributed by atoms with Gasteiger partial charge in [-0.25, -0.2) is 0 Å². The first-order chi connectivity index (χ1) is 11.4. The number of hydrogen-bond acceptors (Lipinski definition) is 3. The van der Waals surface area contributed by atoms with Crippen molar-refractivity contribution >= 4 is 39.9 Å². The molecule has 0 unspecified atom stereocenters. The Hall–Kier alpha value is -2.67. The maximum atomic E-state index is 12.9. The summed E-state index contributed by atoms with van der Waals surface area (Å²) in [5.41, 5.74) is -0.123. The van der Waals surface area contributed by atoms with Crippen LogP contribution < -0.4 is 5.32 Å². The third kappa shape index (κ3) is 3.62. The molecule has 122 valence electrons. The number of carbonyl (C=O) groups excluding carboxylic acids is 1. The van der Waals surface area contributed by atoms with E-state index in [0.29, 0.717) is 5.52 Å². The molecule has 1 aromatic carbocycles. The van der Waals surface area contributed by atoms with Crippen LogP contribution in [0.15, 0.2) is 54.1 Å². The van der Waals surface area contributed by atoms with Crippen molar-refractivity contribution in [3.8, 4) is 0 Å². The van der Waals surface area contributed by atoms with Gasteiger partial charge >= 0.3 is 6.18 Å². The number of anilines is 1. The van der Waals surface area contributed by atoms with Crippen molar-refractivity contribution in [1.82, 2.24) is 4.98 Å². The molecule has 0 aliphatic heterocycles. The van der Waals surface area contributed by atoms with Crippen molar-refractivity contribution in [3.63, 3.8) is 0 Å². The number of nitrogens with zero attached hydrogens (tertiary/aromatic N) is 1. The molecule has 3 aromatic rings. The Bertz CT molecular complexity index is 902. The Morgan fingerprint density at radius 2 is 2.04 bits per heavy atom. The lowest BCUT2D eigenvalue weighted by molar-refractivity contribution is -0.137. The zero-order valence-corrected chi connectivity index (χ0v) is 13.0. The number of pyridine rings is 1. The number of amides is 1. The lowest BCUT2D eigenvalue weighted by atomic mass is 10.1. The molecule has 0 saturated carbocycles. The Balaban J connectivity index is 1.89. The molecule has 3 rings (SSSR count). The molecular formula is C17H11F3N2OS. The second-order valence-electron chi connectivity index (χ2n) is 4.93. The number of rotatable bonds is 3. The molecule has 0 fully saturated rings. The first-order valence-corrected chi connectivity index (χ1v) is 7.80. The predicted octanol–water partition coefficient (Wildman–Crippen LogP) is 4.97. The molecule has 0 radical (unpaired) electrons. The molecule has 2 aromatic heterocycles. The number of nitrogens with one attached hydrogen (secondary N) is 1. The van der Waals surface area contributed by atoms with Crippen molar-refractivity contribution in [2.75, 3.05) is 5.32 Å². The quantitative estimate of drug-likeness (QED) is 0.679. The van der Waals surface area contributed by atoms with Gasteiger partial charge in [0.25, 0.3) is 0 Å². The van der Waals surface area contributed by atoms with Crippen molar-refractivity contribution in [2.45, 2.75) is 6.18 Å². The molecule has 2 heterocycles. The number of halogens is 3. The SMILES string of the molecule is O=C(/C=C/c1cccs1)Nc1ccnc2ccc(C(F)(F)F)cc12. The maximum absolute atomic E-state index is 12.9. The van der Waals surface area contributed by atoms with E-state index in [1.165, 1.54) is 35.7 Å². The maximum Gasteiger partial charge on any atom is 0.416 e. The highest BCUT2D eigenvalue weighted by molar-refractivity contribution is 7.10. The lowest BCUT2D eigenvalue weighted by Crippen LogP contribution is -2.09. The van der Waals surface area contributed by atoms with Gasteiger partial charge in [0.05, 0.1) is 16.8 Å². The number of aromatic nitrogens is 1. The van der Waals surface area contributed by atoms with Gasteiger partial charge in [-0.3, -0.25) is 9.78 Å². The van der Waals surface area contributed by atoms with E-state index < -0.39 is 17.6 Å². The fraction of sp³-hybridized carbons (Fsp3) is 0.0588. The van der Waals surface area contributed by atoms with Gasteiger partial charge in [0.2, 0.25) is 5.91 Å². The Labute approximate surface area is 139 Å². The van der Waals surface area contributed by atoms with Gasteiger partial charge in [-0.2, -0.15) is 13.2 Å². The molecule has 0 bridgehead atoms. The Morgan fingerprint density at radius 1 is 1.21 bits per heavy atom. The highest BCUT2D eigenvalue weighted by atomic mass is 32.1. The second-order valence-corrected chi connectivity index (χ2v) is 5.91. The largest absolute Gasteiger partial charge is 0.416 e. The van der Waals surface area contributed by atoms with Gasteiger partial charge in [-0.1, -0.05) is 6.07 Å². The summed E-state index contributed by atoms with van der Waals surface area (Å²) in [6, 6.07) is 8.43. The van der Waals surface area contributed by atoms with Crippen molar-refractivity contribution in [3.05, 3.63) is 64.5 Å². The van der Waals surface area contributed by atoms with Gasteiger partial charge < -0.3 is 5.32 Å². The van der Waals surface area contributed by atoms with Gasteiger partial charge in [0, 0.05) is 22.5 Å². The van der Waals surface area contributed by atoms with Crippen LogP contribution in [0.3, 0.4) is 0 Å². The monoisotopic (exact) mass is 348 g/mol. The Kier molecular flexibility index (Phi) is 4.35. The summed E-state index contributed by atoms with van der Waals surface area (Å²) in [4.78, 5) is 16.9. The topological polar surface area (TPSA) is 42.0 Å². The molecule has 0 aliphatic carbocycles. The van der Waals surface area contributed by atoms with Crippen LogP contribution in [0.4, 0.5) is 18.9 Å². The summed E-state index contributed by atoms with van der Waals surface area (Å²) >= 11 is 1.48. The Morgan fingerprint density at radius 3 is 2.75 bits per heavy atom. The van der Waals surface area contributed by atoms with E-state index in [1.54, 1.807) is 6.08 Å². The molecule has 1 amide bonds. The van der Waals surface area contributed by atoms with Crippen LogP contribution in [0.2, 0.25) is 0 Å². The summed E-state index contributed by atoms with van der Waals surface area (Å²) in [5.74, 6) is -0.423. The first kappa shape index (κ1) is 16.2. The van der Waals surface area contributed by atoms with Crippen LogP contribution in [0.1, 0.15) is 10.4 Å². The van der Waals surface area contributed by atoms with E-state index in [1.807, 2.05) is 17.5 Å². The fourth-order valence-corrected chi connectivity index (χ4v) is 2.77. The van der Waals surface area contributed by atoms with E-state index in [2.05, 4.69) is 10.3 Å². The molecule has 0 spiro atoms.